The smallest absolute Gasteiger partial charge is 0.255 e. The first kappa shape index (κ1) is 24.9. The van der Waals surface area contributed by atoms with Gasteiger partial charge in [0.1, 0.15) is 22.8 Å². The molecule has 37 heavy (non-hydrogen) atoms. The third-order valence-corrected chi connectivity index (χ3v) is 7.89. The number of primary amides is 1. The molecule has 9 nitrogen and oxygen atoms in total. The molecule has 10 heteroatoms. The fourth-order valence-electron chi connectivity index (χ4n) is 5.94. The number of nitrogens with zero attached hydrogens (tertiary/aromatic N) is 1. The molecule has 192 valence electrons. The summed E-state index contributed by atoms with van der Waals surface area (Å²) < 4.78 is 0. The number of fused-ring (bicyclic) bond motifs is 3. The lowest BCUT2D eigenvalue weighted by atomic mass is 9.60. The van der Waals surface area contributed by atoms with Crippen LogP contribution in [0.15, 0.2) is 53.0 Å². The minimum atomic E-state index is -2.60. The quantitative estimate of drug-likeness (QED) is 0.383. The van der Waals surface area contributed by atoms with Gasteiger partial charge in [0.15, 0.2) is 11.4 Å². The van der Waals surface area contributed by atoms with Gasteiger partial charge in [0.25, 0.3) is 5.91 Å². The number of carbonyl (C=O) groups is 3. The highest BCUT2D eigenvalue weighted by atomic mass is 35.5. The molecule has 0 aromatic heterocycles. The van der Waals surface area contributed by atoms with Gasteiger partial charge < -0.3 is 31.1 Å². The Labute approximate surface area is 217 Å². The molecule has 0 bridgehead atoms. The molecule has 0 spiro atoms. The second-order valence-electron chi connectivity index (χ2n) is 9.96. The zero-order chi connectivity index (χ0) is 27.0. The third kappa shape index (κ3) is 3.45. The lowest BCUT2D eigenvalue weighted by Crippen LogP contribution is -2.57. The molecule has 6 N–H and O–H groups in total. The number of aliphatic hydroxyl groups excluding tert-OH is 2. The van der Waals surface area contributed by atoms with Gasteiger partial charge in [-0.3, -0.25) is 14.4 Å². The Morgan fingerprint density at radius 3 is 2.46 bits per heavy atom. The van der Waals surface area contributed by atoms with E-state index in [1.165, 1.54) is 0 Å². The van der Waals surface area contributed by atoms with Crippen LogP contribution < -0.4 is 10.6 Å². The number of hydrogen-bond acceptors (Lipinski definition) is 8. The second-order valence-corrected chi connectivity index (χ2v) is 10.4. The molecule has 2 aromatic rings. The molecular weight excluding hydrogens is 500 g/mol. The van der Waals surface area contributed by atoms with Crippen molar-refractivity contribution >= 4 is 34.8 Å². The summed E-state index contributed by atoms with van der Waals surface area (Å²) in [5.74, 6) is -6.54. The first-order valence-electron chi connectivity index (χ1n) is 11.7. The summed E-state index contributed by atoms with van der Waals surface area (Å²) in [7, 11) is 3.60. The van der Waals surface area contributed by atoms with Crippen molar-refractivity contribution in [3.63, 3.8) is 0 Å². The van der Waals surface area contributed by atoms with Crippen molar-refractivity contribution in [2.45, 2.75) is 24.9 Å². The summed E-state index contributed by atoms with van der Waals surface area (Å²) in [6.45, 7) is 0. The first-order chi connectivity index (χ1) is 17.4. The number of aromatic hydroxyl groups is 1. The maximum atomic E-state index is 13.9. The number of ketones is 2. The number of phenolic OH excluding ortho intramolecular Hbond substituents is 1. The number of nitrogens with two attached hydrogens (primary N) is 1. The summed E-state index contributed by atoms with van der Waals surface area (Å²) in [6, 6.07) is 8.53. The predicted octanol–water partition coefficient (Wildman–Crippen LogP) is 2.97. The molecule has 3 aliphatic rings. The molecular formula is C27H25ClN2O7. The summed E-state index contributed by atoms with van der Waals surface area (Å²) in [5.41, 5.74) is 3.76. The SMILES string of the molecule is CN(C)c1cc(-c2cccc(Cl)c2)c(O)c2c1C[C@H]1C[C@H]3CC(O)=C(C(N)=O)C(=O)[C@@]3(O)C(O)=C1C2=O. The lowest BCUT2D eigenvalue weighted by Gasteiger charge is -2.46. The maximum Gasteiger partial charge on any atom is 0.255 e. The van der Waals surface area contributed by atoms with E-state index in [0.717, 1.165) is 0 Å². The fraction of sp³-hybridized carbons (Fsp3) is 0.296. The van der Waals surface area contributed by atoms with Crippen LogP contribution in [0.3, 0.4) is 0 Å². The van der Waals surface area contributed by atoms with Crippen LogP contribution in [0.2, 0.25) is 5.02 Å². The molecule has 0 aliphatic heterocycles. The Morgan fingerprint density at radius 2 is 1.84 bits per heavy atom. The standard InChI is InChI=1S/C27H25ClN2O7/c1-30(2)17-10-15(11-4-3-5-14(28)7-11)22(32)20-16(17)8-12-6-13-9-18(31)21(26(29)36)25(35)27(13,37)24(34)19(12)23(20)33/h3-5,7,10,12-13,31-32,34,37H,6,8-9H2,1-2H3,(H2,29,36)/t12-,13+,27+/m1/s1. The Bertz CT molecular complexity index is 1480. The summed E-state index contributed by atoms with van der Waals surface area (Å²) >= 11 is 6.16. The van der Waals surface area contributed by atoms with Crippen molar-refractivity contribution in [3.05, 3.63) is 69.1 Å². The average Bonchev–Trinajstić information content (AvgIpc) is 2.81. The van der Waals surface area contributed by atoms with Crippen LogP contribution in [0.25, 0.3) is 11.1 Å². The molecule has 0 radical (unpaired) electrons. The fourth-order valence-corrected chi connectivity index (χ4v) is 6.13. The van der Waals surface area contributed by atoms with Gasteiger partial charge in [0, 0.05) is 48.3 Å². The number of Topliss-reactive ketones (excluding diaryl/α,β-unsaturated/α-hetero) is 2. The van der Waals surface area contributed by atoms with E-state index in [9.17, 15) is 34.8 Å². The van der Waals surface area contributed by atoms with Crippen molar-refractivity contribution in [2.75, 3.05) is 19.0 Å². The predicted molar refractivity (Wildman–Crippen MR) is 136 cm³/mol. The lowest BCUT2D eigenvalue weighted by molar-refractivity contribution is -0.144. The van der Waals surface area contributed by atoms with Gasteiger partial charge >= 0.3 is 0 Å². The molecule has 3 atom stereocenters. The van der Waals surface area contributed by atoms with Crippen molar-refractivity contribution in [2.24, 2.45) is 17.6 Å². The van der Waals surface area contributed by atoms with Gasteiger partial charge in [-0.2, -0.15) is 0 Å². The normalized spacial score (nSPS) is 25.0. The Hall–Kier alpha value is -3.82. The van der Waals surface area contributed by atoms with Crippen LogP contribution >= 0.6 is 11.6 Å². The molecule has 1 amide bonds. The molecule has 2 aromatic carbocycles. The zero-order valence-corrected chi connectivity index (χ0v) is 20.8. The van der Waals surface area contributed by atoms with E-state index in [2.05, 4.69) is 0 Å². The number of phenols is 1. The Kier molecular flexibility index (Phi) is 5.61. The summed E-state index contributed by atoms with van der Waals surface area (Å²) in [6.07, 6.45) is 0.0345. The number of rotatable bonds is 3. The molecule has 0 heterocycles. The van der Waals surface area contributed by atoms with Crippen LogP contribution in [0.4, 0.5) is 5.69 Å². The largest absolute Gasteiger partial charge is 0.511 e. The molecule has 0 saturated carbocycles. The van der Waals surface area contributed by atoms with Gasteiger partial charge in [-0.15, -0.1) is 0 Å². The number of hydrogen-bond donors (Lipinski definition) is 5. The van der Waals surface area contributed by atoms with Gasteiger partial charge in [0.05, 0.1) is 5.56 Å². The third-order valence-electron chi connectivity index (χ3n) is 7.66. The highest BCUT2D eigenvalue weighted by Crippen LogP contribution is 2.53. The van der Waals surface area contributed by atoms with Gasteiger partial charge in [-0.1, -0.05) is 23.7 Å². The van der Waals surface area contributed by atoms with E-state index in [4.69, 9.17) is 17.3 Å². The Balaban J connectivity index is 1.73. The number of anilines is 1. The summed E-state index contributed by atoms with van der Waals surface area (Å²) in [4.78, 5) is 40.6. The monoisotopic (exact) mass is 524 g/mol. The minimum absolute atomic E-state index is 0.0437. The molecule has 3 aliphatic carbocycles. The van der Waals surface area contributed by atoms with E-state index in [1.807, 2.05) is 4.90 Å². The van der Waals surface area contributed by atoms with Crippen LogP contribution in [0, 0.1) is 11.8 Å². The Morgan fingerprint density at radius 1 is 1.14 bits per heavy atom. The van der Waals surface area contributed by atoms with Gasteiger partial charge in [-0.25, -0.2) is 0 Å². The van der Waals surface area contributed by atoms with Crippen LogP contribution in [-0.4, -0.2) is 57.6 Å². The number of benzene rings is 2. The van der Waals surface area contributed by atoms with Crippen molar-refractivity contribution in [1.29, 1.82) is 0 Å². The highest BCUT2D eigenvalue weighted by molar-refractivity contribution is 6.31. The van der Waals surface area contributed by atoms with Crippen molar-refractivity contribution < 1.29 is 34.8 Å². The average molecular weight is 525 g/mol. The maximum absolute atomic E-state index is 13.9. The molecule has 0 fully saturated rings. The van der Waals surface area contributed by atoms with E-state index in [0.29, 0.717) is 27.4 Å². The summed E-state index contributed by atoms with van der Waals surface area (Å²) in [5, 5.41) is 44.7. The topological polar surface area (TPSA) is 161 Å². The number of amides is 1. The molecule has 5 rings (SSSR count). The van der Waals surface area contributed by atoms with Crippen molar-refractivity contribution in [1.82, 2.24) is 0 Å². The van der Waals surface area contributed by atoms with Crippen molar-refractivity contribution in [3.8, 4) is 16.9 Å². The second kappa shape index (κ2) is 8.36. The van der Waals surface area contributed by atoms with Crippen LogP contribution in [-0.2, 0) is 16.0 Å². The van der Waals surface area contributed by atoms with E-state index in [-0.39, 0.29) is 36.1 Å². The number of aliphatic hydroxyl groups is 3. The molecule has 0 saturated heterocycles. The number of halogens is 1. The van der Waals surface area contributed by atoms with Gasteiger partial charge in [0.2, 0.25) is 5.78 Å². The number of allylic oxidation sites excluding steroid dienone is 2. The number of carbonyl (C=O) groups excluding carboxylic acids is 3. The van der Waals surface area contributed by atoms with E-state index in [1.54, 1.807) is 44.4 Å². The van der Waals surface area contributed by atoms with Gasteiger partial charge in [-0.05, 0) is 48.1 Å². The van der Waals surface area contributed by atoms with E-state index < -0.39 is 52.0 Å². The minimum Gasteiger partial charge on any atom is -0.511 e. The van der Waals surface area contributed by atoms with Crippen LogP contribution in [0.1, 0.15) is 28.8 Å². The van der Waals surface area contributed by atoms with Crippen LogP contribution in [0.5, 0.6) is 5.75 Å². The zero-order valence-electron chi connectivity index (χ0n) is 20.1. The first-order valence-corrected chi connectivity index (χ1v) is 12.0. The van der Waals surface area contributed by atoms with E-state index >= 15 is 0 Å². The molecule has 0 unspecified atom stereocenters. The highest BCUT2D eigenvalue weighted by Gasteiger charge is 2.59.